The van der Waals surface area contributed by atoms with Gasteiger partial charge < -0.3 is 0 Å². The minimum Gasteiger partial charge on any atom is -0.294 e. The van der Waals surface area contributed by atoms with Crippen molar-refractivity contribution in [1.82, 2.24) is 0 Å². The molecule has 0 fully saturated rings. The molecule has 0 radical (unpaired) electrons. The Hall–Kier alpha value is -0.670. The number of carbonyl (C=O) groups is 1. The second-order valence-electron chi connectivity index (χ2n) is 2.85. The van der Waals surface area contributed by atoms with Gasteiger partial charge in [-0.05, 0) is 36.6 Å². The van der Waals surface area contributed by atoms with Crippen LogP contribution in [0.25, 0.3) is 10.1 Å². The van der Waals surface area contributed by atoms with Gasteiger partial charge in [-0.15, -0.1) is 11.3 Å². The van der Waals surface area contributed by atoms with E-state index >= 15 is 0 Å². The molecule has 0 spiro atoms. The lowest BCUT2D eigenvalue weighted by atomic mass is 10.2. The molecule has 1 aromatic carbocycles. The predicted octanol–water partition coefficient (Wildman–Crippen LogP) is 3.87. The highest BCUT2D eigenvalue weighted by molar-refractivity contribution is 9.10. The summed E-state index contributed by atoms with van der Waals surface area (Å²) in [7, 11) is 0. The Bertz CT molecular complexity index is 473. The third-order valence-corrected chi connectivity index (χ3v) is 3.54. The average Bonchev–Trinajstić information content (AvgIpc) is 2.46. The maximum atomic E-state index is 11.1. The second-order valence-corrected chi connectivity index (χ2v) is 4.85. The van der Waals surface area contributed by atoms with Crippen LogP contribution in [0.5, 0.6) is 0 Å². The van der Waals surface area contributed by atoms with Crippen molar-refractivity contribution in [2.24, 2.45) is 0 Å². The minimum absolute atomic E-state index is 0.136. The monoisotopic (exact) mass is 254 g/mol. The van der Waals surface area contributed by atoms with Gasteiger partial charge in [-0.2, -0.15) is 0 Å². The maximum Gasteiger partial charge on any atom is 0.169 e. The Morgan fingerprint density at radius 1 is 1.38 bits per heavy atom. The molecule has 0 amide bonds. The number of hydrogen-bond acceptors (Lipinski definition) is 2. The lowest BCUT2D eigenvalue weighted by Gasteiger charge is -1.88. The largest absolute Gasteiger partial charge is 0.294 e. The van der Waals surface area contributed by atoms with Crippen molar-refractivity contribution in [3.63, 3.8) is 0 Å². The van der Waals surface area contributed by atoms with Crippen LogP contribution in [-0.2, 0) is 0 Å². The molecule has 1 heterocycles. The topological polar surface area (TPSA) is 17.1 Å². The van der Waals surface area contributed by atoms with Gasteiger partial charge in [0.05, 0.1) is 4.88 Å². The Balaban J connectivity index is 2.68. The number of rotatable bonds is 1. The Morgan fingerprint density at radius 3 is 2.85 bits per heavy atom. The Kier molecular flexibility index (Phi) is 2.22. The van der Waals surface area contributed by atoms with E-state index in [9.17, 15) is 4.79 Å². The van der Waals surface area contributed by atoms with Crippen LogP contribution in [0.15, 0.2) is 28.7 Å². The number of halogens is 1. The van der Waals surface area contributed by atoms with Crippen LogP contribution in [0.2, 0.25) is 0 Å². The molecule has 2 rings (SSSR count). The van der Waals surface area contributed by atoms with Crippen molar-refractivity contribution in [3.8, 4) is 0 Å². The molecule has 0 saturated heterocycles. The zero-order valence-corrected chi connectivity index (χ0v) is 9.41. The van der Waals surface area contributed by atoms with Crippen molar-refractivity contribution in [2.45, 2.75) is 6.92 Å². The molecule has 0 unspecified atom stereocenters. The normalized spacial score (nSPS) is 10.6. The van der Waals surface area contributed by atoms with E-state index in [1.54, 1.807) is 18.3 Å². The van der Waals surface area contributed by atoms with Gasteiger partial charge in [-0.1, -0.05) is 15.9 Å². The van der Waals surface area contributed by atoms with Crippen LogP contribution in [-0.4, -0.2) is 5.78 Å². The zero-order valence-electron chi connectivity index (χ0n) is 7.00. The highest BCUT2D eigenvalue weighted by atomic mass is 79.9. The van der Waals surface area contributed by atoms with Crippen molar-refractivity contribution in [3.05, 3.63) is 33.6 Å². The molecule has 2 aromatic rings. The van der Waals surface area contributed by atoms with Gasteiger partial charge in [0, 0.05) is 9.17 Å². The average molecular weight is 255 g/mol. The Labute approximate surface area is 88.5 Å². The molecule has 0 aliphatic rings. The van der Waals surface area contributed by atoms with Crippen LogP contribution in [0.4, 0.5) is 0 Å². The summed E-state index contributed by atoms with van der Waals surface area (Å²) in [4.78, 5) is 11.9. The number of Topliss-reactive ketones (excluding diaryl/α,β-unsaturated/α-hetero) is 1. The van der Waals surface area contributed by atoms with E-state index < -0.39 is 0 Å². The first kappa shape index (κ1) is 8.91. The third-order valence-electron chi connectivity index (χ3n) is 1.83. The molecule has 3 heteroatoms. The molecule has 1 aromatic heterocycles. The van der Waals surface area contributed by atoms with Gasteiger partial charge in [0.25, 0.3) is 0 Å². The molecule has 13 heavy (non-hydrogen) atoms. The van der Waals surface area contributed by atoms with Crippen molar-refractivity contribution in [1.29, 1.82) is 0 Å². The second kappa shape index (κ2) is 3.24. The standard InChI is InChI=1S/C10H7BrOS/c1-6(12)10-5-7-4-8(11)2-3-9(7)13-10/h2-5H,1H3. The molecule has 66 valence electrons. The highest BCUT2D eigenvalue weighted by Crippen LogP contribution is 2.28. The van der Waals surface area contributed by atoms with Crippen LogP contribution >= 0.6 is 27.3 Å². The van der Waals surface area contributed by atoms with Crippen molar-refractivity contribution >= 4 is 43.1 Å². The first-order chi connectivity index (χ1) is 6.16. The summed E-state index contributed by atoms with van der Waals surface area (Å²) in [5.74, 6) is 0.136. The van der Waals surface area contributed by atoms with E-state index in [2.05, 4.69) is 15.9 Å². The number of ketones is 1. The van der Waals surface area contributed by atoms with E-state index in [-0.39, 0.29) is 5.78 Å². The van der Waals surface area contributed by atoms with Gasteiger partial charge in [0.2, 0.25) is 0 Å². The molecule has 0 atom stereocenters. The van der Waals surface area contributed by atoms with Crippen molar-refractivity contribution in [2.75, 3.05) is 0 Å². The van der Waals surface area contributed by atoms with Gasteiger partial charge in [0.1, 0.15) is 0 Å². The number of benzene rings is 1. The van der Waals surface area contributed by atoms with Crippen LogP contribution in [0.3, 0.4) is 0 Å². The number of fused-ring (bicyclic) bond motifs is 1. The van der Waals surface area contributed by atoms with Gasteiger partial charge in [0.15, 0.2) is 5.78 Å². The summed E-state index contributed by atoms with van der Waals surface area (Å²) in [6, 6.07) is 7.98. The predicted molar refractivity (Wildman–Crippen MR) is 59.5 cm³/mol. The van der Waals surface area contributed by atoms with Gasteiger partial charge >= 0.3 is 0 Å². The number of thiophene rings is 1. The molecule has 0 bridgehead atoms. The Morgan fingerprint density at radius 2 is 2.15 bits per heavy atom. The quantitative estimate of drug-likeness (QED) is 0.707. The lowest BCUT2D eigenvalue weighted by Crippen LogP contribution is -1.83. The molecule has 0 saturated carbocycles. The van der Waals surface area contributed by atoms with E-state index in [0.717, 1.165) is 19.4 Å². The fourth-order valence-electron chi connectivity index (χ4n) is 1.19. The molecule has 0 aliphatic heterocycles. The van der Waals surface area contributed by atoms with Crippen LogP contribution < -0.4 is 0 Å². The lowest BCUT2D eigenvalue weighted by molar-refractivity contribution is 0.102. The molecule has 1 nitrogen and oxygen atoms in total. The van der Waals surface area contributed by atoms with Crippen molar-refractivity contribution < 1.29 is 4.79 Å². The van der Waals surface area contributed by atoms with Crippen LogP contribution in [0.1, 0.15) is 16.6 Å². The number of carbonyl (C=O) groups excluding carboxylic acids is 1. The molecule has 0 N–H and O–H groups in total. The summed E-state index contributed by atoms with van der Waals surface area (Å²) in [6.45, 7) is 1.60. The van der Waals surface area contributed by atoms with E-state index in [1.165, 1.54) is 0 Å². The smallest absolute Gasteiger partial charge is 0.169 e. The van der Waals surface area contributed by atoms with Crippen LogP contribution in [0, 0.1) is 0 Å². The van der Waals surface area contributed by atoms with Gasteiger partial charge in [-0.3, -0.25) is 4.79 Å². The maximum absolute atomic E-state index is 11.1. The van der Waals surface area contributed by atoms with Gasteiger partial charge in [-0.25, -0.2) is 0 Å². The molecule has 0 aliphatic carbocycles. The highest BCUT2D eigenvalue weighted by Gasteiger charge is 2.05. The minimum atomic E-state index is 0.136. The van der Waals surface area contributed by atoms with E-state index in [4.69, 9.17) is 0 Å². The fourth-order valence-corrected chi connectivity index (χ4v) is 2.50. The van der Waals surface area contributed by atoms with E-state index in [0.29, 0.717) is 0 Å². The van der Waals surface area contributed by atoms with E-state index in [1.807, 2.05) is 24.3 Å². The summed E-state index contributed by atoms with van der Waals surface area (Å²) in [5, 5.41) is 1.13. The first-order valence-electron chi connectivity index (χ1n) is 3.87. The number of hydrogen-bond donors (Lipinski definition) is 0. The summed E-state index contributed by atoms with van der Waals surface area (Å²) < 4.78 is 2.21. The third kappa shape index (κ3) is 1.67. The molecular formula is C10H7BrOS. The zero-order chi connectivity index (χ0) is 9.42. The summed E-state index contributed by atoms with van der Waals surface area (Å²) in [5.41, 5.74) is 0. The molecular weight excluding hydrogens is 248 g/mol. The summed E-state index contributed by atoms with van der Waals surface area (Å²) in [6.07, 6.45) is 0. The fraction of sp³-hybridized carbons (Fsp3) is 0.100. The summed E-state index contributed by atoms with van der Waals surface area (Å²) >= 11 is 4.94. The SMILES string of the molecule is CC(=O)c1cc2cc(Br)ccc2s1. The first-order valence-corrected chi connectivity index (χ1v) is 5.48.